The largest absolute Gasteiger partial charge is 0.381 e. The molecular weight excluding hydrogens is 386 g/mol. The molecule has 1 saturated carbocycles. The van der Waals surface area contributed by atoms with E-state index in [1.807, 2.05) is 10.7 Å². The SMILES string of the molecule is CN1C(=O)[C@@H](NC(=O)c2ncn(CC3CCCOC3)n2)CCn2nc(C3CC3)cc21. The Balaban J connectivity index is 1.22. The van der Waals surface area contributed by atoms with Gasteiger partial charge >= 0.3 is 0 Å². The molecule has 2 aromatic heterocycles. The van der Waals surface area contributed by atoms with Crippen molar-refractivity contribution in [1.29, 1.82) is 0 Å². The summed E-state index contributed by atoms with van der Waals surface area (Å²) in [6.07, 6.45) is 6.51. The fourth-order valence-corrected chi connectivity index (χ4v) is 4.22. The monoisotopic (exact) mass is 413 g/mol. The van der Waals surface area contributed by atoms with Crippen LogP contribution >= 0.6 is 0 Å². The van der Waals surface area contributed by atoms with Crippen LogP contribution in [0, 0.1) is 5.92 Å². The molecule has 2 atom stereocenters. The second-order valence-electron chi connectivity index (χ2n) is 8.51. The minimum atomic E-state index is -0.632. The van der Waals surface area contributed by atoms with Crippen LogP contribution < -0.4 is 10.2 Å². The Bertz CT molecular complexity index is 942. The van der Waals surface area contributed by atoms with Crippen LogP contribution in [0.1, 0.15) is 54.3 Å². The number of aryl methyl sites for hydroxylation is 1. The van der Waals surface area contributed by atoms with Crippen LogP contribution in [0.15, 0.2) is 12.4 Å². The Hall–Kier alpha value is -2.75. The Morgan fingerprint density at radius 3 is 2.90 bits per heavy atom. The maximum absolute atomic E-state index is 12.9. The Labute approximate surface area is 174 Å². The molecule has 0 radical (unpaired) electrons. The standard InChI is InChI=1S/C20H27N7O3/c1-25-17-9-16(14-4-5-14)23-27(17)7-6-15(20(25)29)22-19(28)18-21-12-26(24-18)10-13-3-2-8-30-11-13/h9,12-15H,2-8,10-11H2,1H3,(H,22,28)/t13?,15-/m0/s1. The summed E-state index contributed by atoms with van der Waals surface area (Å²) in [4.78, 5) is 31.4. The summed E-state index contributed by atoms with van der Waals surface area (Å²) >= 11 is 0. The molecule has 10 heteroatoms. The molecule has 2 aromatic rings. The highest BCUT2D eigenvalue weighted by molar-refractivity contribution is 6.00. The molecule has 30 heavy (non-hydrogen) atoms. The van der Waals surface area contributed by atoms with Gasteiger partial charge in [-0.1, -0.05) is 0 Å². The highest BCUT2D eigenvalue weighted by atomic mass is 16.5. The third-order valence-electron chi connectivity index (χ3n) is 6.12. The number of nitrogens with zero attached hydrogens (tertiary/aromatic N) is 6. The van der Waals surface area contributed by atoms with E-state index in [-0.39, 0.29) is 11.7 Å². The molecule has 1 N–H and O–H groups in total. The maximum atomic E-state index is 12.9. The minimum Gasteiger partial charge on any atom is -0.381 e. The lowest BCUT2D eigenvalue weighted by molar-refractivity contribution is -0.120. The number of ether oxygens (including phenoxy) is 1. The topological polar surface area (TPSA) is 107 Å². The predicted molar refractivity (Wildman–Crippen MR) is 107 cm³/mol. The van der Waals surface area contributed by atoms with Crippen LogP contribution in [0.4, 0.5) is 5.82 Å². The molecule has 1 unspecified atom stereocenters. The normalized spacial score (nSPS) is 24.4. The molecule has 160 valence electrons. The first kappa shape index (κ1) is 19.2. The van der Waals surface area contributed by atoms with E-state index in [0.29, 0.717) is 38.0 Å². The van der Waals surface area contributed by atoms with E-state index in [9.17, 15) is 9.59 Å². The number of likely N-dealkylation sites (N-methyl/N-ethyl adjacent to an activating group) is 1. The molecule has 0 aromatic carbocycles. The van der Waals surface area contributed by atoms with Crippen molar-refractivity contribution in [2.24, 2.45) is 5.92 Å². The molecule has 0 bridgehead atoms. The first-order valence-electron chi connectivity index (χ1n) is 10.7. The predicted octanol–water partition coefficient (Wildman–Crippen LogP) is 0.944. The van der Waals surface area contributed by atoms with Gasteiger partial charge in [-0.25, -0.2) is 9.67 Å². The number of carbonyl (C=O) groups excluding carboxylic acids is 2. The van der Waals surface area contributed by atoms with Crippen molar-refractivity contribution in [3.8, 4) is 0 Å². The summed E-state index contributed by atoms with van der Waals surface area (Å²) in [6, 6.07) is 1.37. The van der Waals surface area contributed by atoms with Crippen LogP contribution in [-0.2, 0) is 22.6 Å². The number of aromatic nitrogens is 5. The summed E-state index contributed by atoms with van der Waals surface area (Å²) < 4.78 is 9.05. The Morgan fingerprint density at radius 2 is 2.13 bits per heavy atom. The molecular formula is C20H27N7O3. The number of nitrogens with one attached hydrogen (secondary N) is 1. The van der Waals surface area contributed by atoms with Crippen molar-refractivity contribution >= 4 is 17.6 Å². The van der Waals surface area contributed by atoms with Gasteiger partial charge in [0.25, 0.3) is 11.8 Å². The summed E-state index contributed by atoms with van der Waals surface area (Å²) in [5, 5.41) is 11.8. The van der Waals surface area contributed by atoms with Crippen LogP contribution in [0.2, 0.25) is 0 Å². The number of rotatable bonds is 5. The highest BCUT2D eigenvalue weighted by Crippen LogP contribution is 2.40. The average molecular weight is 413 g/mol. The van der Waals surface area contributed by atoms with Gasteiger partial charge in [0.1, 0.15) is 18.2 Å². The van der Waals surface area contributed by atoms with Gasteiger partial charge in [0, 0.05) is 44.6 Å². The molecule has 0 spiro atoms. The maximum Gasteiger partial charge on any atom is 0.291 e. The van der Waals surface area contributed by atoms with Gasteiger partial charge in [-0.2, -0.15) is 5.10 Å². The van der Waals surface area contributed by atoms with E-state index in [1.54, 1.807) is 23.0 Å². The van der Waals surface area contributed by atoms with Crippen LogP contribution in [-0.4, -0.2) is 62.7 Å². The molecule has 10 nitrogen and oxygen atoms in total. The second kappa shape index (κ2) is 7.82. The quantitative estimate of drug-likeness (QED) is 0.782. The zero-order valence-electron chi connectivity index (χ0n) is 17.2. The first-order valence-corrected chi connectivity index (χ1v) is 10.7. The first-order chi connectivity index (χ1) is 14.6. The van der Waals surface area contributed by atoms with Crippen LogP contribution in [0.3, 0.4) is 0 Å². The third-order valence-corrected chi connectivity index (χ3v) is 6.12. The fourth-order valence-electron chi connectivity index (χ4n) is 4.22. The molecule has 5 rings (SSSR count). The van der Waals surface area contributed by atoms with Gasteiger partial charge in [-0.05, 0) is 32.1 Å². The van der Waals surface area contributed by atoms with Crippen molar-refractivity contribution in [2.45, 2.75) is 57.2 Å². The van der Waals surface area contributed by atoms with Crippen LogP contribution in [0.25, 0.3) is 0 Å². The zero-order chi connectivity index (χ0) is 20.7. The van der Waals surface area contributed by atoms with E-state index in [4.69, 9.17) is 4.74 Å². The molecule has 4 heterocycles. The Kier molecular flexibility index (Phi) is 5.01. The van der Waals surface area contributed by atoms with E-state index >= 15 is 0 Å². The van der Waals surface area contributed by atoms with E-state index in [2.05, 4.69) is 20.5 Å². The number of amides is 2. The number of fused-ring (bicyclic) bond motifs is 1. The van der Waals surface area contributed by atoms with Crippen molar-refractivity contribution < 1.29 is 14.3 Å². The summed E-state index contributed by atoms with van der Waals surface area (Å²) in [5.74, 6) is 1.21. The van der Waals surface area contributed by atoms with Gasteiger partial charge in [0.15, 0.2) is 0 Å². The summed E-state index contributed by atoms with van der Waals surface area (Å²) in [6.45, 7) is 2.77. The van der Waals surface area contributed by atoms with Crippen LogP contribution in [0.5, 0.6) is 0 Å². The third kappa shape index (κ3) is 3.83. The van der Waals surface area contributed by atoms with E-state index in [1.165, 1.54) is 12.8 Å². The fraction of sp³-hybridized carbons (Fsp3) is 0.650. The van der Waals surface area contributed by atoms with Crippen molar-refractivity contribution in [1.82, 2.24) is 29.9 Å². The van der Waals surface area contributed by atoms with Crippen molar-refractivity contribution in [3.05, 3.63) is 23.9 Å². The highest BCUT2D eigenvalue weighted by Gasteiger charge is 2.34. The molecule has 1 saturated heterocycles. The lowest BCUT2D eigenvalue weighted by Crippen LogP contribution is -2.47. The second-order valence-corrected chi connectivity index (χ2v) is 8.51. The van der Waals surface area contributed by atoms with Gasteiger partial charge in [-0.3, -0.25) is 19.2 Å². The number of anilines is 1. The lowest BCUT2D eigenvalue weighted by atomic mass is 10.0. The molecule has 2 fully saturated rings. The number of hydrogen-bond acceptors (Lipinski definition) is 6. The van der Waals surface area contributed by atoms with Gasteiger partial charge in [0.2, 0.25) is 5.82 Å². The van der Waals surface area contributed by atoms with E-state index in [0.717, 1.165) is 31.0 Å². The van der Waals surface area contributed by atoms with Crippen molar-refractivity contribution in [3.63, 3.8) is 0 Å². The minimum absolute atomic E-state index is 0.0835. The molecule has 2 aliphatic heterocycles. The summed E-state index contributed by atoms with van der Waals surface area (Å²) in [5.41, 5.74) is 1.06. The van der Waals surface area contributed by atoms with E-state index < -0.39 is 11.9 Å². The average Bonchev–Trinajstić information content (AvgIpc) is 3.37. The zero-order valence-corrected chi connectivity index (χ0v) is 17.2. The Morgan fingerprint density at radius 1 is 1.27 bits per heavy atom. The van der Waals surface area contributed by atoms with Gasteiger partial charge < -0.3 is 10.1 Å². The van der Waals surface area contributed by atoms with Crippen molar-refractivity contribution in [2.75, 3.05) is 25.2 Å². The summed E-state index contributed by atoms with van der Waals surface area (Å²) in [7, 11) is 1.73. The molecule has 2 amide bonds. The van der Waals surface area contributed by atoms with Gasteiger partial charge in [0.05, 0.1) is 12.3 Å². The molecule has 3 aliphatic rings. The number of carbonyl (C=O) groups is 2. The lowest BCUT2D eigenvalue weighted by Gasteiger charge is -2.21. The molecule has 1 aliphatic carbocycles. The smallest absolute Gasteiger partial charge is 0.291 e. The number of hydrogen-bond donors (Lipinski definition) is 1. The van der Waals surface area contributed by atoms with Gasteiger partial charge in [-0.15, -0.1) is 5.10 Å².